The van der Waals surface area contributed by atoms with Gasteiger partial charge in [0.05, 0.1) is 12.4 Å². The lowest BCUT2D eigenvalue weighted by Gasteiger charge is -2.11. The smallest absolute Gasteiger partial charge is 0.236 e. The van der Waals surface area contributed by atoms with Crippen LogP contribution in [0.4, 0.5) is 5.13 Å². The number of nitrogens with zero attached hydrogens (tertiary/aromatic N) is 5. The number of benzene rings is 2. The fourth-order valence-electron chi connectivity index (χ4n) is 3.52. The van der Waals surface area contributed by atoms with E-state index >= 15 is 0 Å². The van der Waals surface area contributed by atoms with Crippen LogP contribution in [0.5, 0.6) is 5.75 Å². The zero-order valence-electron chi connectivity index (χ0n) is 18.5. The molecule has 0 aliphatic heterocycles. The number of fused-ring (bicyclic) bond motifs is 1. The second-order valence-electron chi connectivity index (χ2n) is 7.28. The van der Waals surface area contributed by atoms with Gasteiger partial charge in [-0.15, -0.1) is 20.4 Å². The van der Waals surface area contributed by atoms with Crippen LogP contribution in [0.2, 0.25) is 0 Å². The van der Waals surface area contributed by atoms with Crippen molar-refractivity contribution in [2.45, 2.75) is 19.0 Å². The molecule has 0 saturated heterocycles. The summed E-state index contributed by atoms with van der Waals surface area (Å²) in [5.41, 5.74) is 2.81. The van der Waals surface area contributed by atoms with Crippen LogP contribution >= 0.6 is 23.1 Å². The quantitative estimate of drug-likeness (QED) is 0.303. The summed E-state index contributed by atoms with van der Waals surface area (Å²) in [4.78, 5) is 15.8. The molecule has 2 N–H and O–H groups in total. The molecule has 0 spiro atoms. The molecule has 0 aliphatic rings. The van der Waals surface area contributed by atoms with E-state index in [-0.39, 0.29) is 11.7 Å². The van der Waals surface area contributed by atoms with Gasteiger partial charge in [-0.25, -0.2) is 0 Å². The SMILES string of the molecule is CCOc1ccc(-n2c(SCC(=O)Nc3nnc(C)s3)nnc2-c2c[nH]c3ccccc23)cc1. The van der Waals surface area contributed by atoms with Crippen molar-refractivity contribution in [2.75, 3.05) is 17.7 Å². The fraction of sp³-hybridized carbons (Fsp3) is 0.174. The van der Waals surface area contributed by atoms with Crippen molar-refractivity contribution in [1.82, 2.24) is 29.9 Å². The molecule has 11 heteroatoms. The first kappa shape index (κ1) is 22.1. The summed E-state index contributed by atoms with van der Waals surface area (Å²) >= 11 is 2.64. The Morgan fingerprint density at radius 1 is 1.12 bits per heavy atom. The Kier molecular flexibility index (Phi) is 6.28. The van der Waals surface area contributed by atoms with Gasteiger partial charge in [-0.3, -0.25) is 14.7 Å². The summed E-state index contributed by atoms with van der Waals surface area (Å²) in [7, 11) is 0. The highest BCUT2D eigenvalue weighted by Crippen LogP contribution is 2.33. The van der Waals surface area contributed by atoms with Crippen molar-refractivity contribution in [3.05, 3.63) is 59.7 Å². The second-order valence-corrected chi connectivity index (χ2v) is 9.40. The normalized spacial score (nSPS) is 11.1. The molecule has 0 atom stereocenters. The molecular weight excluding hydrogens is 470 g/mol. The molecule has 1 amide bonds. The molecule has 0 radical (unpaired) electrons. The van der Waals surface area contributed by atoms with Gasteiger partial charge in [0, 0.05) is 28.4 Å². The van der Waals surface area contributed by atoms with Crippen molar-refractivity contribution in [3.63, 3.8) is 0 Å². The number of ether oxygens (including phenoxy) is 1. The van der Waals surface area contributed by atoms with E-state index in [0.717, 1.165) is 32.9 Å². The van der Waals surface area contributed by atoms with E-state index in [0.29, 0.717) is 22.7 Å². The van der Waals surface area contributed by atoms with Crippen molar-refractivity contribution < 1.29 is 9.53 Å². The number of hydrogen-bond donors (Lipinski definition) is 2. The highest BCUT2D eigenvalue weighted by Gasteiger charge is 2.20. The largest absolute Gasteiger partial charge is 0.494 e. The number of carbonyl (C=O) groups excluding carboxylic acids is 1. The lowest BCUT2D eigenvalue weighted by molar-refractivity contribution is -0.113. The standard InChI is InChI=1S/C23H21N7O2S2/c1-3-32-16-10-8-15(9-11-16)30-21(18-12-24-19-7-5-4-6-17(18)19)27-29-23(30)33-13-20(31)25-22-28-26-14(2)34-22/h4-12,24H,3,13H2,1-2H3,(H,25,28,31). The first-order chi connectivity index (χ1) is 16.6. The average molecular weight is 492 g/mol. The van der Waals surface area contributed by atoms with Crippen molar-refractivity contribution in [3.8, 4) is 22.8 Å². The minimum Gasteiger partial charge on any atom is -0.494 e. The van der Waals surface area contributed by atoms with E-state index in [2.05, 4.69) is 30.7 Å². The van der Waals surface area contributed by atoms with Gasteiger partial charge in [0.1, 0.15) is 10.8 Å². The number of thioether (sulfide) groups is 1. The Balaban J connectivity index is 1.48. The third-order valence-corrected chi connectivity index (χ3v) is 6.66. The summed E-state index contributed by atoms with van der Waals surface area (Å²) in [6, 6.07) is 15.8. The molecule has 0 unspecified atom stereocenters. The molecule has 0 fully saturated rings. The minimum atomic E-state index is -0.184. The lowest BCUT2D eigenvalue weighted by atomic mass is 10.1. The molecule has 2 aromatic carbocycles. The van der Waals surface area contributed by atoms with Crippen LogP contribution in [0, 0.1) is 6.92 Å². The van der Waals surface area contributed by atoms with E-state index < -0.39 is 0 Å². The first-order valence-electron chi connectivity index (χ1n) is 10.6. The number of rotatable bonds is 8. The average Bonchev–Trinajstić information content (AvgIpc) is 3.56. The zero-order valence-corrected chi connectivity index (χ0v) is 20.1. The van der Waals surface area contributed by atoms with E-state index in [1.165, 1.54) is 23.1 Å². The molecule has 172 valence electrons. The molecule has 34 heavy (non-hydrogen) atoms. The van der Waals surface area contributed by atoms with E-state index in [4.69, 9.17) is 4.74 Å². The number of nitrogens with one attached hydrogen (secondary N) is 2. The number of para-hydroxylation sites is 1. The van der Waals surface area contributed by atoms with Crippen LogP contribution in [0.3, 0.4) is 0 Å². The maximum Gasteiger partial charge on any atom is 0.236 e. The van der Waals surface area contributed by atoms with Crippen LogP contribution in [0.1, 0.15) is 11.9 Å². The van der Waals surface area contributed by atoms with Crippen molar-refractivity contribution >= 4 is 45.0 Å². The minimum absolute atomic E-state index is 0.154. The Morgan fingerprint density at radius 2 is 1.94 bits per heavy atom. The summed E-state index contributed by atoms with van der Waals surface area (Å²) in [6.45, 7) is 4.39. The van der Waals surface area contributed by atoms with Gasteiger partial charge in [-0.2, -0.15) is 0 Å². The Hall–Kier alpha value is -3.70. The number of aromatic nitrogens is 6. The summed E-state index contributed by atoms with van der Waals surface area (Å²) in [6.07, 6.45) is 1.93. The monoisotopic (exact) mass is 491 g/mol. The molecule has 0 saturated carbocycles. The number of anilines is 1. The topological polar surface area (TPSA) is 111 Å². The Labute approximate surface area is 203 Å². The Morgan fingerprint density at radius 3 is 2.71 bits per heavy atom. The van der Waals surface area contributed by atoms with Gasteiger partial charge < -0.3 is 9.72 Å². The van der Waals surface area contributed by atoms with Gasteiger partial charge in [-0.1, -0.05) is 41.3 Å². The molecule has 0 bridgehead atoms. The van der Waals surface area contributed by atoms with Crippen LogP contribution in [-0.4, -0.2) is 48.2 Å². The third-order valence-electron chi connectivity index (χ3n) is 4.97. The fourth-order valence-corrected chi connectivity index (χ4v) is 4.88. The predicted octanol–water partition coefficient (Wildman–Crippen LogP) is 4.71. The van der Waals surface area contributed by atoms with E-state index in [1.807, 2.05) is 73.1 Å². The zero-order chi connectivity index (χ0) is 23.5. The first-order valence-corrected chi connectivity index (χ1v) is 12.4. The molecule has 0 aliphatic carbocycles. The van der Waals surface area contributed by atoms with Crippen molar-refractivity contribution in [1.29, 1.82) is 0 Å². The molecule has 3 heterocycles. The van der Waals surface area contributed by atoms with Gasteiger partial charge in [0.2, 0.25) is 11.0 Å². The van der Waals surface area contributed by atoms with Crippen LogP contribution in [0.15, 0.2) is 59.9 Å². The molecule has 5 aromatic rings. The summed E-state index contributed by atoms with van der Waals surface area (Å²) < 4.78 is 7.55. The van der Waals surface area contributed by atoms with Crippen LogP contribution < -0.4 is 10.1 Å². The summed E-state index contributed by atoms with van der Waals surface area (Å²) in [5.74, 6) is 1.44. The van der Waals surface area contributed by atoms with Crippen molar-refractivity contribution in [2.24, 2.45) is 0 Å². The van der Waals surface area contributed by atoms with Crippen LogP contribution in [0.25, 0.3) is 28.0 Å². The number of hydrogen-bond acceptors (Lipinski definition) is 8. The Bertz CT molecular complexity index is 1440. The number of H-pyrrole nitrogens is 1. The lowest BCUT2D eigenvalue weighted by Crippen LogP contribution is -2.14. The van der Waals surface area contributed by atoms with Gasteiger partial charge in [0.25, 0.3) is 0 Å². The predicted molar refractivity (Wildman–Crippen MR) is 134 cm³/mol. The summed E-state index contributed by atoms with van der Waals surface area (Å²) in [5, 5.41) is 22.5. The molecule has 5 rings (SSSR count). The second kappa shape index (κ2) is 9.65. The van der Waals surface area contributed by atoms with Crippen LogP contribution in [-0.2, 0) is 4.79 Å². The molecule has 3 aromatic heterocycles. The highest BCUT2D eigenvalue weighted by molar-refractivity contribution is 7.99. The van der Waals surface area contributed by atoms with E-state index in [9.17, 15) is 4.79 Å². The van der Waals surface area contributed by atoms with Gasteiger partial charge in [0.15, 0.2) is 11.0 Å². The maximum absolute atomic E-state index is 12.5. The third kappa shape index (κ3) is 4.52. The number of amides is 1. The van der Waals surface area contributed by atoms with Gasteiger partial charge in [-0.05, 0) is 44.2 Å². The number of aryl methyl sites for hydroxylation is 1. The maximum atomic E-state index is 12.5. The highest BCUT2D eigenvalue weighted by atomic mass is 32.2. The van der Waals surface area contributed by atoms with Gasteiger partial charge >= 0.3 is 0 Å². The van der Waals surface area contributed by atoms with E-state index in [1.54, 1.807) is 0 Å². The molecule has 9 nitrogen and oxygen atoms in total. The molecular formula is C23H21N7O2S2. The number of carbonyl (C=O) groups is 1. The number of aromatic amines is 1.